The lowest BCUT2D eigenvalue weighted by Gasteiger charge is -2.26. The van der Waals surface area contributed by atoms with Crippen LogP contribution in [0.1, 0.15) is 18.1 Å². The minimum absolute atomic E-state index is 0.0961. The molecule has 0 fully saturated rings. The second-order valence-electron chi connectivity index (χ2n) is 6.96. The van der Waals surface area contributed by atoms with E-state index in [0.29, 0.717) is 13.1 Å². The summed E-state index contributed by atoms with van der Waals surface area (Å²) in [5.41, 5.74) is 1.88. The third kappa shape index (κ3) is 5.75. The van der Waals surface area contributed by atoms with E-state index in [4.69, 9.17) is 0 Å². The van der Waals surface area contributed by atoms with Crippen LogP contribution in [-0.4, -0.2) is 25.3 Å². The van der Waals surface area contributed by atoms with E-state index < -0.39 is 21.9 Å². The van der Waals surface area contributed by atoms with Gasteiger partial charge in [-0.2, -0.15) is 4.72 Å². The molecule has 0 spiro atoms. The zero-order valence-electron chi connectivity index (χ0n) is 16.5. The summed E-state index contributed by atoms with van der Waals surface area (Å²) in [5, 5.41) is 0. The highest BCUT2D eigenvalue weighted by Crippen LogP contribution is 2.14. The highest BCUT2D eigenvalue weighted by Gasteiger charge is 2.26. The van der Waals surface area contributed by atoms with Crippen molar-refractivity contribution >= 4 is 15.9 Å². The minimum atomic E-state index is -3.96. The largest absolute Gasteiger partial charge is 0.333 e. The van der Waals surface area contributed by atoms with Gasteiger partial charge in [-0.05, 0) is 42.3 Å². The minimum Gasteiger partial charge on any atom is -0.333 e. The molecule has 156 valence electrons. The van der Waals surface area contributed by atoms with Crippen LogP contribution >= 0.6 is 0 Å². The van der Waals surface area contributed by atoms with Crippen LogP contribution in [-0.2, 0) is 27.9 Å². The van der Waals surface area contributed by atoms with Crippen molar-refractivity contribution in [2.45, 2.75) is 31.0 Å². The first kappa shape index (κ1) is 21.7. The average Bonchev–Trinajstić information content (AvgIpc) is 2.74. The molecule has 3 aromatic carbocycles. The van der Waals surface area contributed by atoms with Crippen LogP contribution in [0.25, 0.3) is 0 Å². The van der Waals surface area contributed by atoms with E-state index in [1.165, 1.54) is 19.1 Å². The van der Waals surface area contributed by atoms with Crippen LogP contribution in [0.4, 0.5) is 4.39 Å². The summed E-state index contributed by atoms with van der Waals surface area (Å²) < 4.78 is 40.7. The molecule has 0 aliphatic heterocycles. The van der Waals surface area contributed by atoms with E-state index in [-0.39, 0.29) is 10.8 Å². The summed E-state index contributed by atoms with van der Waals surface area (Å²) in [6, 6.07) is 22.5. The van der Waals surface area contributed by atoms with Crippen molar-refractivity contribution in [3.8, 4) is 0 Å². The number of sulfonamides is 1. The maximum absolute atomic E-state index is 13.2. The van der Waals surface area contributed by atoms with Crippen LogP contribution in [0.2, 0.25) is 0 Å². The molecule has 0 unspecified atom stereocenters. The quantitative estimate of drug-likeness (QED) is 0.597. The van der Waals surface area contributed by atoms with Gasteiger partial charge in [-0.3, -0.25) is 4.79 Å². The van der Waals surface area contributed by atoms with Crippen molar-refractivity contribution < 1.29 is 17.6 Å². The lowest BCUT2D eigenvalue weighted by molar-refractivity contribution is -0.133. The van der Waals surface area contributed by atoms with Gasteiger partial charge in [0, 0.05) is 13.1 Å². The second-order valence-corrected chi connectivity index (χ2v) is 8.68. The number of nitrogens with zero attached hydrogens (tertiary/aromatic N) is 1. The van der Waals surface area contributed by atoms with Crippen molar-refractivity contribution in [1.29, 1.82) is 0 Å². The van der Waals surface area contributed by atoms with Crippen molar-refractivity contribution in [3.63, 3.8) is 0 Å². The van der Waals surface area contributed by atoms with E-state index in [2.05, 4.69) is 4.72 Å². The fourth-order valence-electron chi connectivity index (χ4n) is 3.06. The molecule has 3 aromatic rings. The molecular formula is C23H23FN2O3S. The van der Waals surface area contributed by atoms with Gasteiger partial charge < -0.3 is 4.90 Å². The first-order valence-corrected chi connectivity index (χ1v) is 11.0. The predicted octanol–water partition coefficient (Wildman–Crippen LogP) is 3.72. The monoisotopic (exact) mass is 426 g/mol. The van der Waals surface area contributed by atoms with Gasteiger partial charge in [0.05, 0.1) is 10.9 Å². The number of halogens is 1. The summed E-state index contributed by atoms with van der Waals surface area (Å²) in [5.74, 6) is -0.886. The Kier molecular flexibility index (Phi) is 6.97. The summed E-state index contributed by atoms with van der Waals surface area (Å²) in [6.45, 7) is 2.20. The molecule has 0 saturated heterocycles. The van der Waals surface area contributed by atoms with Gasteiger partial charge in [0.15, 0.2) is 0 Å². The molecule has 0 bridgehead atoms. The number of rotatable bonds is 8. The first-order valence-electron chi connectivity index (χ1n) is 9.50. The highest BCUT2D eigenvalue weighted by atomic mass is 32.2. The maximum atomic E-state index is 13.2. The third-order valence-electron chi connectivity index (χ3n) is 4.57. The first-order chi connectivity index (χ1) is 14.3. The number of nitrogens with one attached hydrogen (secondary N) is 1. The Morgan fingerprint density at radius 3 is 1.80 bits per heavy atom. The molecule has 0 heterocycles. The molecule has 7 heteroatoms. The Balaban J connectivity index is 1.79. The molecule has 1 amide bonds. The maximum Gasteiger partial charge on any atom is 0.241 e. The number of benzene rings is 3. The molecule has 0 aromatic heterocycles. The fraction of sp³-hybridized carbons (Fsp3) is 0.174. The van der Waals surface area contributed by atoms with E-state index in [1.807, 2.05) is 60.7 Å². The van der Waals surface area contributed by atoms with Gasteiger partial charge in [-0.25, -0.2) is 12.8 Å². The summed E-state index contributed by atoms with van der Waals surface area (Å²) in [4.78, 5) is 14.7. The van der Waals surface area contributed by atoms with Crippen molar-refractivity contribution in [3.05, 3.63) is 102 Å². The van der Waals surface area contributed by atoms with Crippen LogP contribution in [0.3, 0.4) is 0 Å². The number of hydrogen-bond acceptors (Lipinski definition) is 3. The molecule has 1 N–H and O–H groups in total. The number of carbonyl (C=O) groups excluding carboxylic acids is 1. The third-order valence-corrected chi connectivity index (χ3v) is 6.13. The molecule has 3 rings (SSSR count). The standard InChI is InChI=1S/C23H23FN2O3S/c1-18(25-30(28,29)22-14-12-21(24)13-15-22)23(27)26(16-19-8-4-2-5-9-19)17-20-10-6-3-7-11-20/h2-15,18,25H,16-17H2,1H3/t18-/m1/s1. The zero-order chi connectivity index (χ0) is 21.6. The van der Waals surface area contributed by atoms with Crippen molar-refractivity contribution in [2.75, 3.05) is 0 Å². The Hall–Kier alpha value is -3.03. The fourth-order valence-corrected chi connectivity index (χ4v) is 4.25. The van der Waals surface area contributed by atoms with Gasteiger partial charge in [0.1, 0.15) is 5.82 Å². The van der Waals surface area contributed by atoms with Gasteiger partial charge in [0.2, 0.25) is 15.9 Å². The number of hydrogen-bond donors (Lipinski definition) is 1. The summed E-state index contributed by atoms with van der Waals surface area (Å²) in [6.07, 6.45) is 0. The van der Waals surface area contributed by atoms with Crippen LogP contribution in [0, 0.1) is 5.82 Å². The highest BCUT2D eigenvalue weighted by molar-refractivity contribution is 7.89. The Bertz CT molecular complexity index is 1030. The molecule has 0 radical (unpaired) electrons. The Labute approximate surface area is 176 Å². The molecule has 5 nitrogen and oxygen atoms in total. The predicted molar refractivity (Wildman–Crippen MR) is 113 cm³/mol. The summed E-state index contributed by atoms with van der Waals surface area (Å²) >= 11 is 0. The van der Waals surface area contributed by atoms with Crippen molar-refractivity contribution in [1.82, 2.24) is 9.62 Å². The Morgan fingerprint density at radius 2 is 1.33 bits per heavy atom. The smallest absolute Gasteiger partial charge is 0.241 e. The molecule has 0 aliphatic rings. The topological polar surface area (TPSA) is 66.5 Å². The van der Waals surface area contributed by atoms with Crippen molar-refractivity contribution in [2.24, 2.45) is 0 Å². The molecule has 0 saturated carbocycles. The average molecular weight is 427 g/mol. The SMILES string of the molecule is C[C@@H](NS(=O)(=O)c1ccc(F)cc1)C(=O)N(Cc1ccccc1)Cc1ccccc1. The van der Waals surface area contributed by atoms with E-state index in [0.717, 1.165) is 23.3 Å². The molecule has 0 aliphatic carbocycles. The van der Waals surface area contributed by atoms with Crippen LogP contribution in [0.5, 0.6) is 0 Å². The second kappa shape index (κ2) is 9.65. The van der Waals surface area contributed by atoms with E-state index in [1.54, 1.807) is 4.90 Å². The number of amides is 1. The zero-order valence-corrected chi connectivity index (χ0v) is 17.3. The number of carbonyl (C=O) groups is 1. The molecular weight excluding hydrogens is 403 g/mol. The lowest BCUT2D eigenvalue weighted by Crippen LogP contribution is -2.46. The Morgan fingerprint density at radius 1 is 0.867 bits per heavy atom. The van der Waals surface area contributed by atoms with Crippen LogP contribution in [0.15, 0.2) is 89.8 Å². The lowest BCUT2D eigenvalue weighted by atomic mass is 10.1. The van der Waals surface area contributed by atoms with Gasteiger partial charge in [-0.15, -0.1) is 0 Å². The van der Waals surface area contributed by atoms with E-state index >= 15 is 0 Å². The summed E-state index contributed by atoms with van der Waals surface area (Å²) in [7, 11) is -3.96. The molecule has 1 atom stereocenters. The van der Waals surface area contributed by atoms with Gasteiger partial charge in [0.25, 0.3) is 0 Å². The van der Waals surface area contributed by atoms with Gasteiger partial charge >= 0.3 is 0 Å². The normalized spacial score (nSPS) is 12.3. The van der Waals surface area contributed by atoms with Crippen LogP contribution < -0.4 is 4.72 Å². The molecule has 30 heavy (non-hydrogen) atoms. The van der Waals surface area contributed by atoms with E-state index in [9.17, 15) is 17.6 Å². The van der Waals surface area contributed by atoms with Gasteiger partial charge in [-0.1, -0.05) is 60.7 Å².